The van der Waals surface area contributed by atoms with E-state index in [4.69, 9.17) is 0 Å². The van der Waals surface area contributed by atoms with Crippen LogP contribution in [0.1, 0.15) is 51.0 Å². The molecule has 8 heteroatoms. The van der Waals surface area contributed by atoms with Crippen LogP contribution in [0.25, 0.3) is 17.1 Å². The predicted octanol–water partition coefficient (Wildman–Crippen LogP) is 5.36. The summed E-state index contributed by atoms with van der Waals surface area (Å²) in [7, 11) is 0. The quantitative estimate of drug-likeness (QED) is 0.289. The van der Waals surface area contributed by atoms with Gasteiger partial charge in [-0.05, 0) is 44.7 Å². The molecule has 5 rings (SSSR count). The van der Waals surface area contributed by atoms with Gasteiger partial charge in [0.1, 0.15) is 0 Å². The van der Waals surface area contributed by atoms with Crippen molar-refractivity contribution in [2.75, 3.05) is 25.4 Å². The highest BCUT2D eigenvalue weighted by Gasteiger charge is 2.34. The van der Waals surface area contributed by atoms with E-state index in [2.05, 4.69) is 40.7 Å². The molecule has 0 bridgehead atoms. The number of para-hydroxylation sites is 1. The molecule has 1 aliphatic carbocycles. The number of aromatic nitrogens is 3. The van der Waals surface area contributed by atoms with Gasteiger partial charge in [0.25, 0.3) is 0 Å². The largest absolute Gasteiger partial charge is 0.339 e. The summed E-state index contributed by atoms with van der Waals surface area (Å²) < 4.78 is 2.12. The van der Waals surface area contributed by atoms with E-state index in [9.17, 15) is 9.59 Å². The van der Waals surface area contributed by atoms with Crippen LogP contribution in [0.4, 0.5) is 0 Å². The molecule has 0 radical (unpaired) electrons. The van der Waals surface area contributed by atoms with Crippen LogP contribution in [-0.4, -0.2) is 67.8 Å². The molecule has 0 spiro atoms. The highest BCUT2D eigenvalue weighted by molar-refractivity contribution is 7.99. The molecule has 38 heavy (non-hydrogen) atoms. The monoisotopic (exact) mass is 531 g/mol. The second-order valence-corrected chi connectivity index (χ2v) is 11.5. The van der Waals surface area contributed by atoms with Crippen molar-refractivity contribution in [2.24, 2.45) is 5.92 Å². The lowest BCUT2D eigenvalue weighted by atomic mass is 10.0. The molecule has 3 aromatic rings. The highest BCUT2D eigenvalue weighted by atomic mass is 32.2. The number of hydrogen-bond donors (Lipinski definition) is 0. The molecule has 2 heterocycles. The molecule has 2 aliphatic rings. The Labute approximate surface area is 229 Å². The molecular formula is C30H37N5O2S. The fourth-order valence-electron chi connectivity index (χ4n) is 5.63. The van der Waals surface area contributed by atoms with Gasteiger partial charge in [-0.25, -0.2) is 0 Å². The summed E-state index contributed by atoms with van der Waals surface area (Å²) in [6.07, 6.45) is 5.63. The zero-order valence-electron chi connectivity index (χ0n) is 22.4. The Hall–Kier alpha value is -3.13. The average Bonchev–Trinajstić information content (AvgIpc) is 3.62. The first-order chi connectivity index (χ1) is 18.5. The number of carbonyl (C=O) groups is 2. The molecule has 1 aliphatic heterocycles. The Morgan fingerprint density at radius 1 is 0.974 bits per heavy atom. The molecule has 2 fully saturated rings. The van der Waals surface area contributed by atoms with Crippen LogP contribution >= 0.6 is 11.8 Å². The van der Waals surface area contributed by atoms with E-state index in [0.717, 1.165) is 65.7 Å². The predicted molar refractivity (Wildman–Crippen MR) is 151 cm³/mol. The van der Waals surface area contributed by atoms with Gasteiger partial charge >= 0.3 is 0 Å². The van der Waals surface area contributed by atoms with Gasteiger partial charge in [-0.3, -0.25) is 14.2 Å². The molecule has 0 N–H and O–H groups in total. The first-order valence-corrected chi connectivity index (χ1v) is 14.8. The van der Waals surface area contributed by atoms with Crippen LogP contribution < -0.4 is 0 Å². The summed E-state index contributed by atoms with van der Waals surface area (Å²) in [5, 5.41) is 9.89. The molecule has 2 aromatic carbocycles. The van der Waals surface area contributed by atoms with E-state index in [1.54, 1.807) is 11.8 Å². The fraction of sp³-hybridized carbons (Fsp3) is 0.467. The van der Waals surface area contributed by atoms with Crippen molar-refractivity contribution >= 4 is 23.6 Å². The third-order valence-electron chi connectivity index (χ3n) is 7.76. The Kier molecular flexibility index (Phi) is 8.47. The molecule has 1 aromatic heterocycles. The van der Waals surface area contributed by atoms with E-state index in [1.807, 2.05) is 52.3 Å². The first kappa shape index (κ1) is 26.5. The molecule has 1 saturated heterocycles. The van der Waals surface area contributed by atoms with Gasteiger partial charge in [0, 0.05) is 49.3 Å². The van der Waals surface area contributed by atoms with Crippen molar-refractivity contribution in [3.8, 4) is 17.1 Å². The van der Waals surface area contributed by atoms with E-state index >= 15 is 0 Å². The highest BCUT2D eigenvalue weighted by Crippen LogP contribution is 2.30. The van der Waals surface area contributed by atoms with Crippen molar-refractivity contribution in [1.82, 2.24) is 24.6 Å². The van der Waals surface area contributed by atoms with Gasteiger partial charge in [-0.15, -0.1) is 10.2 Å². The van der Waals surface area contributed by atoms with Gasteiger partial charge in [0.2, 0.25) is 11.8 Å². The lowest BCUT2D eigenvalue weighted by Gasteiger charge is -2.41. The van der Waals surface area contributed by atoms with Crippen LogP contribution in [0.2, 0.25) is 0 Å². The van der Waals surface area contributed by atoms with Crippen molar-refractivity contribution in [2.45, 2.75) is 63.6 Å². The second-order valence-electron chi connectivity index (χ2n) is 10.4. The topological polar surface area (TPSA) is 71.3 Å². The van der Waals surface area contributed by atoms with Gasteiger partial charge in [-0.1, -0.05) is 73.1 Å². The SMILES string of the molecule is Cc1ccccc1-n1c(SCCCC(=O)N2CCN(C(=O)C3CCCC3)[C@H](C)C2)nnc1-c1ccccc1. The van der Waals surface area contributed by atoms with Crippen molar-refractivity contribution in [3.63, 3.8) is 0 Å². The number of nitrogens with zero attached hydrogens (tertiary/aromatic N) is 5. The minimum atomic E-state index is 0.0826. The van der Waals surface area contributed by atoms with Gasteiger partial charge in [0.05, 0.1) is 5.69 Å². The molecule has 1 atom stereocenters. The summed E-state index contributed by atoms with van der Waals surface area (Å²) >= 11 is 1.64. The summed E-state index contributed by atoms with van der Waals surface area (Å²) in [4.78, 5) is 29.8. The van der Waals surface area contributed by atoms with E-state index in [0.29, 0.717) is 32.0 Å². The van der Waals surface area contributed by atoms with Crippen LogP contribution in [0.5, 0.6) is 0 Å². The standard InChI is InChI=1S/C30H37N5O2S/c1-22-11-6-9-16-26(22)35-28(24-12-4-3-5-13-24)31-32-30(35)38-20-10-17-27(36)33-18-19-34(23(2)21-33)29(37)25-14-7-8-15-25/h3-6,9,11-13,16,23,25H,7-8,10,14-15,17-21H2,1-2H3/t23-/m1/s1. The Bertz CT molecular complexity index is 1250. The molecule has 1 saturated carbocycles. The summed E-state index contributed by atoms with van der Waals surface area (Å²) in [6.45, 7) is 6.09. The normalized spacial score (nSPS) is 18.2. The molecule has 0 unspecified atom stereocenters. The third-order valence-corrected chi connectivity index (χ3v) is 8.77. The Morgan fingerprint density at radius 3 is 2.45 bits per heavy atom. The number of thioether (sulfide) groups is 1. The van der Waals surface area contributed by atoms with E-state index < -0.39 is 0 Å². The van der Waals surface area contributed by atoms with Gasteiger partial charge in [0.15, 0.2) is 11.0 Å². The number of carbonyl (C=O) groups excluding carboxylic acids is 2. The Balaban J connectivity index is 1.18. The minimum absolute atomic E-state index is 0.0826. The number of piperazine rings is 1. The maximum atomic E-state index is 13.0. The molecular weight excluding hydrogens is 494 g/mol. The number of amides is 2. The molecule has 200 valence electrons. The van der Waals surface area contributed by atoms with Gasteiger partial charge < -0.3 is 9.80 Å². The van der Waals surface area contributed by atoms with Crippen molar-refractivity contribution in [1.29, 1.82) is 0 Å². The summed E-state index contributed by atoms with van der Waals surface area (Å²) in [6, 6.07) is 18.5. The van der Waals surface area contributed by atoms with Crippen LogP contribution in [0.3, 0.4) is 0 Å². The first-order valence-electron chi connectivity index (χ1n) is 13.8. The zero-order chi connectivity index (χ0) is 26.5. The van der Waals surface area contributed by atoms with Crippen molar-refractivity contribution < 1.29 is 9.59 Å². The second kappa shape index (κ2) is 12.2. The van der Waals surface area contributed by atoms with E-state index in [-0.39, 0.29) is 17.9 Å². The minimum Gasteiger partial charge on any atom is -0.339 e. The van der Waals surface area contributed by atoms with Crippen molar-refractivity contribution in [3.05, 3.63) is 60.2 Å². The number of hydrogen-bond acceptors (Lipinski definition) is 5. The van der Waals surface area contributed by atoms with E-state index in [1.165, 1.54) is 0 Å². The summed E-state index contributed by atoms with van der Waals surface area (Å²) in [5.41, 5.74) is 3.24. The molecule has 2 amide bonds. The fourth-order valence-corrected chi connectivity index (χ4v) is 6.52. The number of benzene rings is 2. The number of aryl methyl sites for hydroxylation is 1. The van der Waals surface area contributed by atoms with Gasteiger partial charge in [-0.2, -0.15) is 0 Å². The molecule has 7 nitrogen and oxygen atoms in total. The third kappa shape index (κ3) is 5.80. The maximum Gasteiger partial charge on any atom is 0.226 e. The average molecular weight is 532 g/mol. The maximum absolute atomic E-state index is 13.0. The van der Waals surface area contributed by atoms with Crippen LogP contribution in [0.15, 0.2) is 59.8 Å². The lowest BCUT2D eigenvalue weighted by Crippen LogP contribution is -2.56. The summed E-state index contributed by atoms with van der Waals surface area (Å²) in [5.74, 6) is 2.26. The smallest absolute Gasteiger partial charge is 0.226 e. The zero-order valence-corrected chi connectivity index (χ0v) is 23.2. The number of rotatable bonds is 8. The van der Waals surface area contributed by atoms with Crippen LogP contribution in [-0.2, 0) is 9.59 Å². The van der Waals surface area contributed by atoms with Crippen LogP contribution in [0, 0.1) is 12.8 Å². The Morgan fingerprint density at radius 2 is 1.71 bits per heavy atom. The lowest BCUT2D eigenvalue weighted by molar-refractivity contribution is -0.145.